The molecule has 0 aliphatic rings. The van der Waals surface area contributed by atoms with Crippen LogP contribution in [-0.2, 0) is 0 Å². The molecule has 0 heterocycles. The average Bonchev–Trinajstić information content (AvgIpc) is 2.33. The van der Waals surface area contributed by atoms with Crippen LogP contribution < -0.4 is 10.1 Å². The van der Waals surface area contributed by atoms with Crippen LogP contribution in [0.4, 0.5) is 18.9 Å². The van der Waals surface area contributed by atoms with Crippen LogP contribution in [-0.4, -0.2) is 36.4 Å². The average molecular weight is 284 g/mol. The lowest BCUT2D eigenvalue weighted by Gasteiger charge is -2.15. The van der Waals surface area contributed by atoms with Gasteiger partial charge in [0.1, 0.15) is 5.75 Å². The highest BCUT2D eigenvalue weighted by atomic mass is 35.5. The van der Waals surface area contributed by atoms with Crippen molar-refractivity contribution in [1.82, 2.24) is 0 Å². The van der Waals surface area contributed by atoms with Gasteiger partial charge in [-0.1, -0.05) is 12.1 Å². The first-order valence-corrected chi connectivity index (χ1v) is 5.72. The van der Waals surface area contributed by atoms with Gasteiger partial charge in [-0.25, -0.2) is 0 Å². The quantitative estimate of drug-likeness (QED) is 0.789. The lowest BCUT2D eigenvalue weighted by molar-refractivity contribution is -0.153. The molecular weight excluding hydrogens is 271 g/mol. The molecule has 0 aromatic heterocycles. The van der Waals surface area contributed by atoms with Gasteiger partial charge in [0.2, 0.25) is 0 Å². The summed E-state index contributed by atoms with van der Waals surface area (Å²) < 4.78 is 40.8. The SMILES string of the molecule is OC(CCl)CNc1ccccc1OCC(F)(F)F. The minimum absolute atomic E-state index is 0.0403. The van der Waals surface area contributed by atoms with Crippen molar-refractivity contribution in [3.8, 4) is 5.75 Å². The van der Waals surface area contributed by atoms with E-state index in [1.54, 1.807) is 18.2 Å². The molecule has 0 spiro atoms. The fraction of sp³-hybridized carbons (Fsp3) is 0.455. The maximum atomic E-state index is 12.0. The highest BCUT2D eigenvalue weighted by Crippen LogP contribution is 2.26. The topological polar surface area (TPSA) is 41.5 Å². The number of aliphatic hydroxyl groups is 1. The molecule has 1 aromatic rings. The molecule has 0 fully saturated rings. The third kappa shape index (κ3) is 5.46. The molecule has 3 nitrogen and oxygen atoms in total. The zero-order chi connectivity index (χ0) is 13.6. The van der Waals surface area contributed by atoms with Gasteiger partial charge in [0.15, 0.2) is 6.61 Å². The number of rotatable bonds is 6. The van der Waals surface area contributed by atoms with Gasteiger partial charge in [0.05, 0.1) is 17.7 Å². The number of ether oxygens (including phenoxy) is 1. The van der Waals surface area contributed by atoms with Crippen LogP contribution >= 0.6 is 11.6 Å². The van der Waals surface area contributed by atoms with Crippen molar-refractivity contribution in [3.63, 3.8) is 0 Å². The second-order valence-electron chi connectivity index (χ2n) is 3.59. The first-order valence-electron chi connectivity index (χ1n) is 5.19. The molecule has 0 aliphatic carbocycles. The first kappa shape index (κ1) is 14.9. The van der Waals surface area contributed by atoms with E-state index in [4.69, 9.17) is 11.6 Å². The Morgan fingerprint density at radius 3 is 2.61 bits per heavy atom. The van der Waals surface area contributed by atoms with Crippen LogP contribution in [0, 0.1) is 0 Å². The molecule has 0 saturated heterocycles. The number of anilines is 1. The zero-order valence-corrected chi connectivity index (χ0v) is 10.1. The van der Waals surface area contributed by atoms with Gasteiger partial charge in [0, 0.05) is 6.54 Å². The Labute approximate surface area is 108 Å². The molecule has 1 unspecified atom stereocenters. The fourth-order valence-corrected chi connectivity index (χ4v) is 1.29. The van der Waals surface area contributed by atoms with Crippen molar-refractivity contribution in [2.45, 2.75) is 12.3 Å². The molecule has 102 valence electrons. The summed E-state index contributed by atoms with van der Waals surface area (Å²) in [5.74, 6) is 0.120. The highest BCUT2D eigenvalue weighted by Gasteiger charge is 2.28. The molecule has 0 saturated carbocycles. The minimum atomic E-state index is -4.39. The van der Waals surface area contributed by atoms with Crippen LogP contribution in [0.15, 0.2) is 24.3 Å². The van der Waals surface area contributed by atoms with Crippen molar-refractivity contribution in [2.24, 2.45) is 0 Å². The van der Waals surface area contributed by atoms with Crippen molar-refractivity contribution in [3.05, 3.63) is 24.3 Å². The van der Waals surface area contributed by atoms with Gasteiger partial charge in [-0.3, -0.25) is 0 Å². The van der Waals surface area contributed by atoms with Crippen molar-refractivity contribution in [2.75, 3.05) is 24.3 Å². The number of aliphatic hydroxyl groups excluding tert-OH is 1. The van der Waals surface area contributed by atoms with Crippen molar-refractivity contribution >= 4 is 17.3 Å². The molecule has 2 N–H and O–H groups in total. The number of hydrogen-bond acceptors (Lipinski definition) is 3. The zero-order valence-electron chi connectivity index (χ0n) is 9.38. The summed E-state index contributed by atoms with van der Waals surface area (Å²) >= 11 is 5.41. The second kappa shape index (κ2) is 6.70. The Kier molecular flexibility index (Phi) is 5.55. The summed E-state index contributed by atoms with van der Waals surface area (Å²) in [6.45, 7) is -1.22. The van der Waals surface area contributed by atoms with Gasteiger partial charge >= 0.3 is 6.18 Å². The van der Waals surface area contributed by atoms with E-state index in [0.29, 0.717) is 5.69 Å². The van der Waals surface area contributed by atoms with Gasteiger partial charge in [0.25, 0.3) is 0 Å². The summed E-state index contributed by atoms with van der Waals surface area (Å²) in [4.78, 5) is 0. The maximum Gasteiger partial charge on any atom is 0.422 e. The number of para-hydroxylation sites is 2. The number of hydrogen-bond donors (Lipinski definition) is 2. The third-order valence-electron chi connectivity index (χ3n) is 1.98. The molecule has 0 radical (unpaired) electrons. The molecule has 1 atom stereocenters. The summed E-state index contributed by atoms with van der Waals surface area (Å²) in [7, 11) is 0. The molecular formula is C11H13ClF3NO2. The Hall–Kier alpha value is -1.14. The lowest BCUT2D eigenvalue weighted by atomic mass is 10.3. The van der Waals surface area contributed by atoms with E-state index < -0.39 is 18.9 Å². The smallest absolute Gasteiger partial charge is 0.422 e. The van der Waals surface area contributed by atoms with Gasteiger partial charge in [-0.2, -0.15) is 13.2 Å². The Bertz CT molecular complexity index is 374. The molecule has 0 bridgehead atoms. The Morgan fingerprint density at radius 1 is 1.33 bits per heavy atom. The number of benzene rings is 1. The monoisotopic (exact) mass is 283 g/mol. The predicted molar refractivity (Wildman–Crippen MR) is 63.2 cm³/mol. The molecule has 0 aliphatic heterocycles. The maximum absolute atomic E-state index is 12.0. The van der Waals surface area contributed by atoms with E-state index in [2.05, 4.69) is 10.1 Å². The Morgan fingerprint density at radius 2 is 2.00 bits per heavy atom. The molecule has 1 rings (SSSR count). The highest BCUT2D eigenvalue weighted by molar-refractivity contribution is 6.18. The fourth-order valence-electron chi connectivity index (χ4n) is 1.18. The third-order valence-corrected chi connectivity index (χ3v) is 2.34. The van der Waals surface area contributed by atoms with E-state index in [0.717, 1.165) is 0 Å². The summed E-state index contributed by atoms with van der Waals surface area (Å²) in [5.41, 5.74) is 0.380. The standard InChI is InChI=1S/C11H13ClF3NO2/c12-5-8(17)6-16-9-3-1-2-4-10(9)18-7-11(13,14)15/h1-4,8,16-17H,5-7H2. The molecule has 1 aromatic carbocycles. The van der Waals surface area contributed by atoms with Crippen molar-refractivity contribution < 1.29 is 23.0 Å². The van der Waals surface area contributed by atoms with Crippen LogP contribution in [0.1, 0.15) is 0 Å². The number of nitrogens with one attached hydrogen (secondary N) is 1. The molecule has 0 amide bonds. The Balaban J connectivity index is 2.62. The summed E-state index contributed by atoms with van der Waals surface area (Å²) in [6, 6.07) is 6.19. The number of halogens is 4. The normalized spacial score (nSPS) is 13.2. The van der Waals surface area contributed by atoms with Crippen LogP contribution in [0.5, 0.6) is 5.75 Å². The van der Waals surface area contributed by atoms with Gasteiger partial charge < -0.3 is 15.2 Å². The number of alkyl halides is 4. The molecule has 7 heteroatoms. The van der Waals surface area contributed by atoms with E-state index >= 15 is 0 Å². The van der Waals surface area contributed by atoms with E-state index in [1.807, 2.05) is 0 Å². The van der Waals surface area contributed by atoms with Gasteiger partial charge in [-0.05, 0) is 12.1 Å². The summed E-state index contributed by atoms with van der Waals surface area (Å²) in [5, 5.41) is 12.0. The molecule has 18 heavy (non-hydrogen) atoms. The van der Waals surface area contributed by atoms with E-state index in [9.17, 15) is 18.3 Å². The first-order chi connectivity index (χ1) is 8.42. The minimum Gasteiger partial charge on any atom is -0.482 e. The largest absolute Gasteiger partial charge is 0.482 e. The van der Waals surface area contributed by atoms with Crippen molar-refractivity contribution in [1.29, 1.82) is 0 Å². The van der Waals surface area contributed by atoms with E-state index in [1.165, 1.54) is 6.07 Å². The second-order valence-corrected chi connectivity index (χ2v) is 3.90. The summed E-state index contributed by atoms with van der Waals surface area (Å²) in [6.07, 6.45) is -5.16. The van der Waals surface area contributed by atoms with Gasteiger partial charge in [-0.15, -0.1) is 11.6 Å². The predicted octanol–water partition coefficient (Wildman–Crippen LogP) is 2.64. The van der Waals surface area contributed by atoms with Crippen LogP contribution in [0.25, 0.3) is 0 Å². The lowest BCUT2D eigenvalue weighted by Crippen LogP contribution is -2.22. The van der Waals surface area contributed by atoms with E-state index in [-0.39, 0.29) is 18.2 Å². The van der Waals surface area contributed by atoms with Crippen LogP contribution in [0.3, 0.4) is 0 Å². The van der Waals surface area contributed by atoms with Crippen LogP contribution in [0.2, 0.25) is 0 Å².